The second kappa shape index (κ2) is 4.82. The van der Waals surface area contributed by atoms with Crippen LogP contribution in [0.2, 0.25) is 0 Å². The first kappa shape index (κ1) is 13.6. The third-order valence-electron chi connectivity index (χ3n) is 2.13. The lowest BCUT2D eigenvalue weighted by Gasteiger charge is -2.19. The van der Waals surface area contributed by atoms with E-state index in [0.29, 0.717) is 0 Å². The molecule has 1 rings (SSSR count). The first-order chi connectivity index (χ1) is 7.74. The van der Waals surface area contributed by atoms with Crippen molar-refractivity contribution < 1.29 is 18.3 Å². The lowest BCUT2D eigenvalue weighted by Crippen LogP contribution is -2.24. The van der Waals surface area contributed by atoms with Gasteiger partial charge in [0, 0.05) is 5.56 Å². The van der Waals surface area contributed by atoms with Crippen LogP contribution in [0.5, 0.6) is 0 Å². The highest BCUT2D eigenvalue weighted by Gasteiger charge is 2.20. The Morgan fingerprint density at radius 2 is 1.71 bits per heavy atom. The Morgan fingerprint density at radius 3 is 2.06 bits per heavy atom. The summed E-state index contributed by atoms with van der Waals surface area (Å²) in [6, 6.07) is 2.02. The predicted molar refractivity (Wildman–Crippen MR) is 60.9 cm³/mol. The van der Waals surface area contributed by atoms with Crippen LogP contribution in [0.1, 0.15) is 43.6 Å². The summed E-state index contributed by atoms with van der Waals surface area (Å²) in [5.41, 5.74) is -0.808. The molecule has 0 fully saturated rings. The summed E-state index contributed by atoms with van der Waals surface area (Å²) < 4.78 is 31.9. The number of hydrogen-bond donors (Lipinski definition) is 0. The van der Waals surface area contributed by atoms with Gasteiger partial charge >= 0.3 is 5.97 Å². The average molecular weight is 242 g/mol. The minimum absolute atomic E-state index is 0.0164. The van der Waals surface area contributed by atoms with E-state index in [-0.39, 0.29) is 17.5 Å². The molecule has 0 aliphatic heterocycles. The monoisotopic (exact) mass is 242 g/mol. The molecule has 4 heteroatoms. The van der Waals surface area contributed by atoms with Gasteiger partial charge in [0.2, 0.25) is 0 Å². The minimum atomic E-state index is -0.724. The molecule has 1 aromatic carbocycles. The van der Waals surface area contributed by atoms with E-state index in [0.717, 1.165) is 12.1 Å². The highest BCUT2D eigenvalue weighted by molar-refractivity contribution is 5.89. The van der Waals surface area contributed by atoms with Crippen molar-refractivity contribution in [1.29, 1.82) is 0 Å². The maximum atomic E-state index is 13.5. The molecule has 0 unspecified atom stereocenters. The largest absolute Gasteiger partial charge is 0.456 e. The fourth-order valence-corrected chi connectivity index (χ4v) is 1.40. The first-order valence-corrected chi connectivity index (χ1v) is 5.46. The van der Waals surface area contributed by atoms with Crippen molar-refractivity contribution in [2.24, 2.45) is 0 Å². The second-order valence-corrected chi connectivity index (χ2v) is 4.77. The molecule has 0 aliphatic carbocycles. The van der Waals surface area contributed by atoms with Gasteiger partial charge in [-0.25, -0.2) is 13.6 Å². The zero-order chi connectivity index (χ0) is 13.2. The predicted octanol–water partition coefficient (Wildman–Crippen LogP) is 3.48. The van der Waals surface area contributed by atoms with Crippen LogP contribution in [0, 0.1) is 11.6 Å². The summed E-state index contributed by atoms with van der Waals surface area (Å²) in [5.74, 6) is -2.15. The molecule has 0 amide bonds. The molecule has 2 nitrogen and oxygen atoms in total. The zero-order valence-corrected chi connectivity index (χ0v) is 10.4. The fraction of sp³-hybridized carbons (Fsp3) is 0.462. The topological polar surface area (TPSA) is 26.3 Å². The van der Waals surface area contributed by atoms with Crippen molar-refractivity contribution >= 4 is 5.97 Å². The van der Waals surface area contributed by atoms with Crippen LogP contribution < -0.4 is 0 Å². The van der Waals surface area contributed by atoms with E-state index < -0.39 is 23.2 Å². The van der Waals surface area contributed by atoms with Gasteiger partial charge in [-0.05, 0) is 39.3 Å². The fourth-order valence-electron chi connectivity index (χ4n) is 1.40. The number of esters is 1. The van der Waals surface area contributed by atoms with Gasteiger partial charge in [-0.3, -0.25) is 0 Å². The average Bonchev–Trinajstić information content (AvgIpc) is 2.14. The smallest absolute Gasteiger partial charge is 0.338 e. The summed E-state index contributed by atoms with van der Waals surface area (Å²) in [4.78, 5) is 11.6. The van der Waals surface area contributed by atoms with Crippen LogP contribution >= 0.6 is 0 Å². The SMILES string of the molecule is CCc1c(F)cc(C(=O)OC(C)(C)C)cc1F. The molecule has 0 bridgehead atoms. The van der Waals surface area contributed by atoms with E-state index in [4.69, 9.17) is 4.74 Å². The summed E-state index contributed by atoms with van der Waals surface area (Å²) in [6.07, 6.45) is 0.242. The van der Waals surface area contributed by atoms with E-state index in [1.54, 1.807) is 27.7 Å². The molecule has 0 aliphatic rings. The van der Waals surface area contributed by atoms with Crippen LogP contribution in [0.3, 0.4) is 0 Å². The lowest BCUT2D eigenvalue weighted by atomic mass is 10.1. The number of carbonyl (C=O) groups is 1. The Balaban J connectivity index is 3.05. The molecule has 0 radical (unpaired) electrons. The Labute approximate surface area is 99.6 Å². The Morgan fingerprint density at radius 1 is 1.24 bits per heavy atom. The molecule has 1 aromatic rings. The van der Waals surface area contributed by atoms with Crippen LogP contribution in [0.4, 0.5) is 8.78 Å². The van der Waals surface area contributed by atoms with Crippen molar-refractivity contribution in [2.75, 3.05) is 0 Å². The standard InChI is InChI=1S/C13H16F2O2/c1-5-9-10(14)6-8(7-11(9)15)12(16)17-13(2,3)4/h6-7H,5H2,1-4H3. The third-order valence-corrected chi connectivity index (χ3v) is 2.13. The van der Waals surface area contributed by atoms with E-state index in [1.807, 2.05) is 0 Å². The molecule has 0 heterocycles. The summed E-state index contributed by atoms with van der Waals surface area (Å²) in [6.45, 7) is 6.72. The van der Waals surface area contributed by atoms with Crippen molar-refractivity contribution in [3.63, 3.8) is 0 Å². The van der Waals surface area contributed by atoms with Crippen LogP contribution in [0.15, 0.2) is 12.1 Å². The summed E-state index contributed by atoms with van der Waals surface area (Å²) in [7, 11) is 0. The Bertz CT molecular complexity index is 411. The Hall–Kier alpha value is -1.45. The Kier molecular flexibility index (Phi) is 3.86. The van der Waals surface area contributed by atoms with E-state index in [1.165, 1.54) is 0 Å². The molecule has 0 atom stereocenters. The van der Waals surface area contributed by atoms with Gasteiger partial charge < -0.3 is 4.74 Å². The van der Waals surface area contributed by atoms with Crippen molar-refractivity contribution in [2.45, 2.75) is 39.7 Å². The van der Waals surface area contributed by atoms with Gasteiger partial charge in [-0.15, -0.1) is 0 Å². The lowest BCUT2D eigenvalue weighted by molar-refractivity contribution is 0.00684. The zero-order valence-electron chi connectivity index (χ0n) is 10.4. The summed E-state index contributed by atoms with van der Waals surface area (Å²) >= 11 is 0. The van der Waals surface area contributed by atoms with E-state index in [2.05, 4.69) is 0 Å². The number of halogens is 2. The van der Waals surface area contributed by atoms with Gasteiger partial charge in [-0.1, -0.05) is 6.92 Å². The molecule has 0 saturated heterocycles. The van der Waals surface area contributed by atoms with Gasteiger partial charge in [0.05, 0.1) is 5.56 Å². The van der Waals surface area contributed by atoms with E-state index >= 15 is 0 Å². The molecule has 0 aromatic heterocycles. The van der Waals surface area contributed by atoms with Crippen LogP contribution in [0.25, 0.3) is 0 Å². The molecule has 94 valence electrons. The molecule has 0 saturated carbocycles. The highest BCUT2D eigenvalue weighted by Crippen LogP contribution is 2.18. The molecular formula is C13H16F2O2. The molecule has 0 spiro atoms. The van der Waals surface area contributed by atoms with E-state index in [9.17, 15) is 13.6 Å². The van der Waals surface area contributed by atoms with Crippen LogP contribution in [-0.4, -0.2) is 11.6 Å². The van der Waals surface area contributed by atoms with Gasteiger partial charge in [0.15, 0.2) is 0 Å². The quantitative estimate of drug-likeness (QED) is 0.742. The van der Waals surface area contributed by atoms with Crippen molar-refractivity contribution in [3.8, 4) is 0 Å². The number of carbonyl (C=O) groups excluding carboxylic acids is 1. The second-order valence-electron chi connectivity index (χ2n) is 4.77. The number of benzene rings is 1. The summed E-state index contributed by atoms with van der Waals surface area (Å²) in [5, 5.41) is 0. The van der Waals surface area contributed by atoms with Crippen molar-refractivity contribution in [1.82, 2.24) is 0 Å². The van der Waals surface area contributed by atoms with Gasteiger partial charge in [0.25, 0.3) is 0 Å². The molecule has 17 heavy (non-hydrogen) atoms. The minimum Gasteiger partial charge on any atom is -0.456 e. The van der Waals surface area contributed by atoms with Crippen LogP contribution in [-0.2, 0) is 11.2 Å². The number of ether oxygens (including phenoxy) is 1. The molecular weight excluding hydrogens is 226 g/mol. The van der Waals surface area contributed by atoms with Gasteiger partial charge in [0.1, 0.15) is 17.2 Å². The van der Waals surface area contributed by atoms with Crippen molar-refractivity contribution in [3.05, 3.63) is 34.9 Å². The highest BCUT2D eigenvalue weighted by atomic mass is 19.1. The maximum absolute atomic E-state index is 13.5. The maximum Gasteiger partial charge on any atom is 0.338 e. The number of hydrogen-bond acceptors (Lipinski definition) is 2. The van der Waals surface area contributed by atoms with Gasteiger partial charge in [-0.2, -0.15) is 0 Å². The third kappa shape index (κ3) is 3.51. The normalized spacial score (nSPS) is 11.4. The first-order valence-electron chi connectivity index (χ1n) is 5.46. The molecule has 0 N–H and O–H groups in total. The number of rotatable bonds is 2.